The van der Waals surface area contributed by atoms with Crippen LogP contribution in [0, 0.1) is 5.92 Å². The first-order chi connectivity index (χ1) is 8.78. The molecule has 3 heteroatoms. The molecule has 2 rings (SSSR count). The van der Waals surface area contributed by atoms with Gasteiger partial charge in [0, 0.05) is 9.58 Å². The predicted octanol–water partition coefficient (Wildman–Crippen LogP) is 4.23. The van der Waals surface area contributed by atoms with E-state index in [1.54, 1.807) is 0 Å². The van der Waals surface area contributed by atoms with E-state index in [0.29, 0.717) is 0 Å². The number of benzene rings is 1. The molecule has 1 aromatic heterocycles. The fourth-order valence-electron chi connectivity index (χ4n) is 2.40. The molecule has 1 atom stereocenters. The van der Waals surface area contributed by atoms with Crippen LogP contribution in [-0.4, -0.2) is 0 Å². The van der Waals surface area contributed by atoms with Crippen molar-refractivity contribution in [2.45, 2.75) is 39.2 Å². The monoisotopic (exact) mass is 262 g/mol. The number of rotatable bonds is 6. The summed E-state index contributed by atoms with van der Waals surface area (Å²) >= 11 is 1.85. The molecule has 2 aromatic rings. The van der Waals surface area contributed by atoms with E-state index < -0.39 is 0 Å². The topological polar surface area (TPSA) is 38.0 Å². The van der Waals surface area contributed by atoms with Gasteiger partial charge in [0.1, 0.15) is 0 Å². The van der Waals surface area contributed by atoms with Crippen LogP contribution in [-0.2, 0) is 0 Å². The molecule has 18 heavy (non-hydrogen) atoms. The Balaban J connectivity index is 2.21. The Morgan fingerprint density at radius 3 is 2.56 bits per heavy atom. The Kier molecular flexibility index (Phi) is 4.75. The normalized spacial score (nSPS) is 13.3. The molecule has 0 aliphatic heterocycles. The van der Waals surface area contributed by atoms with Gasteiger partial charge in [-0.15, -0.1) is 11.3 Å². The Bertz CT molecular complexity index is 455. The third kappa shape index (κ3) is 2.91. The lowest BCUT2D eigenvalue weighted by Crippen LogP contribution is -2.29. The molecule has 0 amide bonds. The lowest BCUT2D eigenvalue weighted by Gasteiger charge is -2.20. The number of fused-ring (bicyclic) bond motifs is 1. The van der Waals surface area contributed by atoms with Crippen LogP contribution in [0.4, 0.5) is 0 Å². The summed E-state index contributed by atoms with van der Waals surface area (Å²) in [5, 5.41) is 1.32. The van der Waals surface area contributed by atoms with Crippen molar-refractivity contribution in [1.82, 2.24) is 5.43 Å². The first-order valence-electron chi connectivity index (χ1n) is 6.73. The minimum atomic E-state index is 0.285. The number of hydrogen-bond donors (Lipinski definition) is 2. The third-order valence-corrected chi connectivity index (χ3v) is 4.94. The van der Waals surface area contributed by atoms with E-state index in [2.05, 4.69) is 49.6 Å². The van der Waals surface area contributed by atoms with Crippen LogP contribution in [0.1, 0.15) is 44.0 Å². The first-order valence-corrected chi connectivity index (χ1v) is 7.54. The second kappa shape index (κ2) is 6.32. The van der Waals surface area contributed by atoms with E-state index in [9.17, 15) is 0 Å². The highest BCUT2D eigenvalue weighted by atomic mass is 32.1. The van der Waals surface area contributed by atoms with E-state index >= 15 is 0 Å². The van der Waals surface area contributed by atoms with Crippen molar-refractivity contribution >= 4 is 21.4 Å². The molecule has 0 saturated heterocycles. The van der Waals surface area contributed by atoms with Gasteiger partial charge in [-0.2, -0.15) is 0 Å². The number of nitrogens with two attached hydrogens (primary N) is 1. The van der Waals surface area contributed by atoms with Gasteiger partial charge in [-0.1, -0.05) is 44.9 Å². The van der Waals surface area contributed by atoms with Gasteiger partial charge < -0.3 is 0 Å². The van der Waals surface area contributed by atoms with Crippen molar-refractivity contribution in [3.8, 4) is 0 Å². The van der Waals surface area contributed by atoms with Crippen molar-refractivity contribution in [2.75, 3.05) is 0 Å². The summed E-state index contributed by atoms with van der Waals surface area (Å²) in [6.45, 7) is 4.51. The van der Waals surface area contributed by atoms with Crippen molar-refractivity contribution in [2.24, 2.45) is 11.8 Å². The smallest absolute Gasteiger partial charge is 0.0556 e. The van der Waals surface area contributed by atoms with Crippen molar-refractivity contribution in [3.05, 3.63) is 35.2 Å². The molecule has 1 unspecified atom stereocenters. The van der Waals surface area contributed by atoms with Crippen molar-refractivity contribution < 1.29 is 0 Å². The van der Waals surface area contributed by atoms with Crippen LogP contribution in [0.2, 0.25) is 0 Å². The van der Waals surface area contributed by atoms with Gasteiger partial charge in [0.05, 0.1) is 6.04 Å². The Morgan fingerprint density at radius 1 is 1.22 bits per heavy atom. The van der Waals surface area contributed by atoms with E-state index in [1.807, 2.05) is 11.3 Å². The van der Waals surface area contributed by atoms with Crippen LogP contribution in [0.25, 0.3) is 10.1 Å². The van der Waals surface area contributed by atoms with Gasteiger partial charge in [0.15, 0.2) is 0 Å². The van der Waals surface area contributed by atoms with Crippen molar-refractivity contribution in [3.63, 3.8) is 0 Å². The largest absolute Gasteiger partial charge is 0.271 e. The van der Waals surface area contributed by atoms with E-state index in [4.69, 9.17) is 5.84 Å². The molecule has 0 bridgehead atoms. The molecule has 0 spiro atoms. The average Bonchev–Trinajstić information content (AvgIpc) is 2.84. The van der Waals surface area contributed by atoms with Gasteiger partial charge in [0.2, 0.25) is 0 Å². The minimum absolute atomic E-state index is 0.285. The maximum Gasteiger partial charge on any atom is 0.0556 e. The number of hydrazine groups is 1. The lowest BCUT2D eigenvalue weighted by atomic mass is 9.94. The zero-order valence-corrected chi connectivity index (χ0v) is 12.0. The fourth-order valence-corrected chi connectivity index (χ4v) is 3.53. The molecule has 1 aromatic carbocycles. The van der Waals surface area contributed by atoms with E-state index in [1.165, 1.54) is 27.8 Å². The maximum absolute atomic E-state index is 5.74. The second-order valence-corrected chi connectivity index (χ2v) is 5.94. The highest BCUT2D eigenvalue weighted by molar-refractivity contribution is 7.19. The molecular weight excluding hydrogens is 240 g/mol. The maximum atomic E-state index is 5.74. The summed E-state index contributed by atoms with van der Waals surface area (Å²) in [6, 6.07) is 11.1. The molecule has 0 aliphatic carbocycles. The van der Waals surface area contributed by atoms with Gasteiger partial charge >= 0.3 is 0 Å². The van der Waals surface area contributed by atoms with Crippen LogP contribution >= 0.6 is 11.3 Å². The van der Waals surface area contributed by atoms with E-state index in [0.717, 1.165) is 12.3 Å². The third-order valence-electron chi connectivity index (χ3n) is 3.71. The molecule has 2 nitrogen and oxygen atoms in total. The van der Waals surface area contributed by atoms with Gasteiger partial charge in [-0.25, -0.2) is 0 Å². The number of thiophene rings is 1. The Hall–Kier alpha value is -0.900. The summed E-state index contributed by atoms with van der Waals surface area (Å²) in [5.41, 5.74) is 2.99. The summed E-state index contributed by atoms with van der Waals surface area (Å²) in [4.78, 5) is 1.35. The van der Waals surface area contributed by atoms with E-state index in [-0.39, 0.29) is 6.04 Å². The predicted molar refractivity (Wildman–Crippen MR) is 80.6 cm³/mol. The summed E-state index contributed by atoms with van der Waals surface area (Å²) in [5.74, 6) is 6.49. The SMILES string of the molecule is CCC(CC)CC(NN)c1cc2ccccc2s1. The first kappa shape index (κ1) is 13.5. The Labute approximate surface area is 113 Å². The highest BCUT2D eigenvalue weighted by Crippen LogP contribution is 2.33. The molecule has 3 N–H and O–H groups in total. The molecule has 0 aliphatic rings. The molecule has 0 fully saturated rings. The molecular formula is C15H22N2S. The standard InChI is InChI=1S/C15H22N2S/c1-3-11(4-2)9-13(17-16)15-10-12-7-5-6-8-14(12)18-15/h5-8,10-11,13,17H,3-4,9,16H2,1-2H3. The summed E-state index contributed by atoms with van der Waals surface area (Å²) in [7, 11) is 0. The van der Waals surface area contributed by atoms with Crippen LogP contribution < -0.4 is 11.3 Å². The summed E-state index contributed by atoms with van der Waals surface area (Å²) in [6.07, 6.45) is 3.56. The number of nitrogens with one attached hydrogen (secondary N) is 1. The van der Waals surface area contributed by atoms with Crippen LogP contribution in [0.5, 0.6) is 0 Å². The molecule has 0 saturated carbocycles. The van der Waals surface area contributed by atoms with Gasteiger partial charge in [0.25, 0.3) is 0 Å². The fraction of sp³-hybridized carbons (Fsp3) is 0.467. The van der Waals surface area contributed by atoms with Crippen molar-refractivity contribution in [1.29, 1.82) is 0 Å². The quantitative estimate of drug-likeness (QED) is 0.604. The van der Waals surface area contributed by atoms with Crippen LogP contribution in [0.15, 0.2) is 30.3 Å². The van der Waals surface area contributed by atoms with Gasteiger partial charge in [-0.05, 0) is 29.9 Å². The zero-order chi connectivity index (χ0) is 13.0. The molecule has 98 valence electrons. The highest BCUT2D eigenvalue weighted by Gasteiger charge is 2.17. The van der Waals surface area contributed by atoms with Crippen LogP contribution in [0.3, 0.4) is 0 Å². The lowest BCUT2D eigenvalue weighted by molar-refractivity contribution is 0.378. The van der Waals surface area contributed by atoms with Gasteiger partial charge in [-0.3, -0.25) is 11.3 Å². The number of hydrogen-bond acceptors (Lipinski definition) is 3. The second-order valence-electron chi connectivity index (χ2n) is 4.82. The molecule has 0 radical (unpaired) electrons. The zero-order valence-electron chi connectivity index (χ0n) is 11.1. The Morgan fingerprint density at radius 2 is 1.94 bits per heavy atom. The minimum Gasteiger partial charge on any atom is -0.271 e. The summed E-state index contributed by atoms with van der Waals surface area (Å²) < 4.78 is 1.34. The molecule has 1 heterocycles. The average molecular weight is 262 g/mol.